The zero-order chi connectivity index (χ0) is 9.90. The van der Waals surface area contributed by atoms with E-state index in [0.29, 0.717) is 0 Å². The highest BCUT2D eigenvalue weighted by Crippen LogP contribution is 2.29. The zero-order valence-corrected chi connectivity index (χ0v) is 8.58. The van der Waals surface area contributed by atoms with E-state index in [2.05, 4.69) is 6.92 Å². The van der Waals surface area contributed by atoms with Gasteiger partial charge < -0.3 is 14.3 Å². The maximum absolute atomic E-state index is 10.7. The third kappa shape index (κ3) is 2.78. The molecule has 0 spiro atoms. The van der Waals surface area contributed by atoms with Crippen LogP contribution in [0.15, 0.2) is 0 Å². The van der Waals surface area contributed by atoms with E-state index < -0.39 is 5.79 Å². The third-order valence-electron chi connectivity index (χ3n) is 2.20. The van der Waals surface area contributed by atoms with Gasteiger partial charge in [0, 0.05) is 0 Å². The number of carbonyl (C=O) groups is 1. The standard InChI is InChI=1S/C10H18O3/c1-4-5-6-8-9(7-11)13-10(2,3)12-8/h7-9H,4-6H2,1-3H3/t8-,9-/m0/s1. The first-order chi connectivity index (χ1) is 6.09. The molecule has 1 aliphatic rings. The molecule has 0 amide bonds. The lowest BCUT2D eigenvalue weighted by Gasteiger charge is -2.16. The lowest BCUT2D eigenvalue weighted by Crippen LogP contribution is -2.23. The number of rotatable bonds is 4. The lowest BCUT2D eigenvalue weighted by molar-refractivity contribution is -0.150. The molecular formula is C10H18O3. The van der Waals surface area contributed by atoms with Crippen LogP contribution >= 0.6 is 0 Å². The van der Waals surface area contributed by atoms with Crippen LogP contribution < -0.4 is 0 Å². The Kier molecular flexibility index (Phi) is 3.45. The first-order valence-electron chi connectivity index (χ1n) is 4.90. The van der Waals surface area contributed by atoms with Crippen molar-refractivity contribution in [2.75, 3.05) is 0 Å². The Bertz CT molecular complexity index is 177. The molecule has 0 unspecified atom stereocenters. The van der Waals surface area contributed by atoms with Crippen LogP contribution in [0.2, 0.25) is 0 Å². The topological polar surface area (TPSA) is 35.5 Å². The Balaban J connectivity index is 2.48. The van der Waals surface area contributed by atoms with Crippen molar-refractivity contribution in [3.8, 4) is 0 Å². The molecular weight excluding hydrogens is 168 g/mol. The van der Waals surface area contributed by atoms with Gasteiger partial charge >= 0.3 is 0 Å². The Morgan fingerprint density at radius 2 is 2.08 bits per heavy atom. The second-order valence-electron chi connectivity index (χ2n) is 3.92. The summed E-state index contributed by atoms with van der Waals surface area (Å²) in [6, 6.07) is 0. The molecule has 1 rings (SSSR count). The zero-order valence-electron chi connectivity index (χ0n) is 8.58. The summed E-state index contributed by atoms with van der Waals surface area (Å²) >= 11 is 0. The van der Waals surface area contributed by atoms with Crippen LogP contribution in [-0.2, 0) is 14.3 Å². The van der Waals surface area contributed by atoms with Crippen LogP contribution in [0.25, 0.3) is 0 Å². The van der Waals surface area contributed by atoms with Crippen LogP contribution in [-0.4, -0.2) is 24.3 Å². The van der Waals surface area contributed by atoms with Crippen molar-refractivity contribution in [1.82, 2.24) is 0 Å². The molecule has 1 heterocycles. The highest BCUT2D eigenvalue weighted by atomic mass is 16.8. The Morgan fingerprint density at radius 1 is 1.38 bits per heavy atom. The van der Waals surface area contributed by atoms with Gasteiger partial charge in [-0.05, 0) is 20.3 Å². The molecule has 13 heavy (non-hydrogen) atoms. The molecule has 1 fully saturated rings. The van der Waals surface area contributed by atoms with Gasteiger partial charge in [-0.3, -0.25) is 0 Å². The normalized spacial score (nSPS) is 31.9. The van der Waals surface area contributed by atoms with Crippen molar-refractivity contribution in [2.45, 2.75) is 58.0 Å². The van der Waals surface area contributed by atoms with E-state index in [-0.39, 0.29) is 12.2 Å². The predicted octanol–water partition coefficient (Wildman–Crippen LogP) is 1.90. The number of unbranched alkanes of at least 4 members (excludes halogenated alkanes) is 1. The van der Waals surface area contributed by atoms with Gasteiger partial charge in [0.05, 0.1) is 6.10 Å². The summed E-state index contributed by atoms with van der Waals surface area (Å²) in [5.41, 5.74) is 0. The van der Waals surface area contributed by atoms with E-state index in [9.17, 15) is 4.79 Å². The average Bonchev–Trinajstić information content (AvgIpc) is 2.37. The summed E-state index contributed by atoms with van der Waals surface area (Å²) in [5.74, 6) is -0.593. The molecule has 76 valence electrons. The fourth-order valence-corrected chi connectivity index (χ4v) is 1.61. The molecule has 0 radical (unpaired) electrons. The maximum Gasteiger partial charge on any atom is 0.164 e. The number of aldehydes is 1. The van der Waals surface area contributed by atoms with Gasteiger partial charge in [0.25, 0.3) is 0 Å². The third-order valence-corrected chi connectivity index (χ3v) is 2.20. The largest absolute Gasteiger partial charge is 0.344 e. The fraction of sp³-hybridized carbons (Fsp3) is 0.900. The second-order valence-corrected chi connectivity index (χ2v) is 3.92. The number of ether oxygens (including phenoxy) is 2. The number of carbonyl (C=O) groups excluding carboxylic acids is 1. The van der Waals surface area contributed by atoms with Crippen molar-refractivity contribution < 1.29 is 14.3 Å². The molecule has 3 heteroatoms. The van der Waals surface area contributed by atoms with Gasteiger partial charge in [0.1, 0.15) is 6.10 Å². The molecule has 0 aromatic rings. The van der Waals surface area contributed by atoms with Crippen molar-refractivity contribution in [3.63, 3.8) is 0 Å². The summed E-state index contributed by atoms with van der Waals surface area (Å²) in [5, 5.41) is 0. The van der Waals surface area contributed by atoms with Crippen LogP contribution in [0.1, 0.15) is 40.0 Å². The average molecular weight is 186 g/mol. The quantitative estimate of drug-likeness (QED) is 0.629. The summed E-state index contributed by atoms with van der Waals surface area (Å²) in [4.78, 5) is 10.7. The highest BCUT2D eigenvalue weighted by molar-refractivity contribution is 5.57. The van der Waals surface area contributed by atoms with Gasteiger partial charge in [-0.2, -0.15) is 0 Å². The van der Waals surface area contributed by atoms with E-state index in [1.54, 1.807) is 0 Å². The molecule has 0 saturated carbocycles. The van der Waals surface area contributed by atoms with E-state index in [0.717, 1.165) is 25.5 Å². The first-order valence-corrected chi connectivity index (χ1v) is 4.90. The first kappa shape index (κ1) is 10.7. The number of hydrogen-bond donors (Lipinski definition) is 0. The smallest absolute Gasteiger partial charge is 0.164 e. The van der Waals surface area contributed by atoms with Crippen LogP contribution in [0.4, 0.5) is 0 Å². The van der Waals surface area contributed by atoms with E-state index >= 15 is 0 Å². The van der Waals surface area contributed by atoms with Gasteiger partial charge in [-0.15, -0.1) is 0 Å². The van der Waals surface area contributed by atoms with E-state index in [1.807, 2.05) is 13.8 Å². The minimum atomic E-state index is -0.593. The second kappa shape index (κ2) is 4.20. The molecule has 0 bridgehead atoms. The fourth-order valence-electron chi connectivity index (χ4n) is 1.61. The van der Waals surface area contributed by atoms with E-state index in [4.69, 9.17) is 9.47 Å². The molecule has 0 N–H and O–H groups in total. The molecule has 0 aromatic carbocycles. The predicted molar refractivity (Wildman–Crippen MR) is 49.4 cm³/mol. The monoisotopic (exact) mass is 186 g/mol. The van der Waals surface area contributed by atoms with Crippen molar-refractivity contribution in [1.29, 1.82) is 0 Å². The summed E-state index contributed by atoms with van der Waals surface area (Å²) in [7, 11) is 0. The van der Waals surface area contributed by atoms with Crippen molar-refractivity contribution in [3.05, 3.63) is 0 Å². The highest BCUT2D eigenvalue weighted by Gasteiger charge is 2.40. The molecule has 0 aromatic heterocycles. The summed E-state index contributed by atoms with van der Waals surface area (Å²) < 4.78 is 11.0. The van der Waals surface area contributed by atoms with Gasteiger partial charge in [0.15, 0.2) is 12.1 Å². The van der Waals surface area contributed by atoms with Gasteiger partial charge in [-0.1, -0.05) is 19.8 Å². The Labute approximate surface area is 79.4 Å². The maximum atomic E-state index is 10.7. The van der Waals surface area contributed by atoms with Gasteiger partial charge in [-0.25, -0.2) is 0 Å². The van der Waals surface area contributed by atoms with Crippen LogP contribution in [0.5, 0.6) is 0 Å². The molecule has 2 atom stereocenters. The SMILES string of the molecule is CCCC[C@@H]1OC(C)(C)O[C@H]1C=O. The summed E-state index contributed by atoms with van der Waals surface area (Å²) in [6.07, 6.45) is 3.52. The minimum Gasteiger partial charge on any atom is -0.344 e. The van der Waals surface area contributed by atoms with Crippen molar-refractivity contribution >= 4 is 6.29 Å². The Morgan fingerprint density at radius 3 is 2.62 bits per heavy atom. The summed E-state index contributed by atoms with van der Waals surface area (Å²) in [6.45, 7) is 5.81. The molecule has 1 saturated heterocycles. The molecule has 1 aliphatic heterocycles. The van der Waals surface area contributed by atoms with Crippen LogP contribution in [0, 0.1) is 0 Å². The van der Waals surface area contributed by atoms with Crippen LogP contribution in [0.3, 0.4) is 0 Å². The minimum absolute atomic E-state index is 0.0487. The van der Waals surface area contributed by atoms with E-state index in [1.165, 1.54) is 0 Å². The molecule has 0 aliphatic carbocycles. The Hall–Kier alpha value is -0.410. The van der Waals surface area contributed by atoms with Crippen molar-refractivity contribution in [2.24, 2.45) is 0 Å². The molecule has 3 nitrogen and oxygen atoms in total. The number of hydrogen-bond acceptors (Lipinski definition) is 3. The lowest BCUT2D eigenvalue weighted by atomic mass is 10.1. The van der Waals surface area contributed by atoms with Gasteiger partial charge in [0.2, 0.25) is 0 Å².